The maximum absolute atomic E-state index is 14.0. The van der Waals surface area contributed by atoms with E-state index in [1.807, 2.05) is 0 Å². The molecule has 0 bridgehead atoms. The van der Waals surface area contributed by atoms with Crippen LogP contribution in [0.4, 0.5) is 4.39 Å². The van der Waals surface area contributed by atoms with Gasteiger partial charge < -0.3 is 9.52 Å². The lowest BCUT2D eigenvalue weighted by atomic mass is 10.2. The van der Waals surface area contributed by atoms with Gasteiger partial charge in [-0.1, -0.05) is 29.8 Å². The van der Waals surface area contributed by atoms with E-state index in [2.05, 4.69) is 10.2 Å². The summed E-state index contributed by atoms with van der Waals surface area (Å²) in [5, 5.41) is 18.8. The van der Waals surface area contributed by atoms with Crippen LogP contribution in [0.5, 0.6) is 5.75 Å². The normalized spacial score (nSPS) is 16.8. The second-order valence-electron chi connectivity index (χ2n) is 6.43. The Balaban J connectivity index is 1.65. The number of hydrogen-bond acceptors (Lipinski definition) is 6. The molecule has 1 aromatic heterocycles. The van der Waals surface area contributed by atoms with Gasteiger partial charge in [-0.05, 0) is 54.2 Å². The fourth-order valence-electron chi connectivity index (χ4n) is 2.78. The molecule has 4 rings (SSSR count). The number of amidine groups is 1. The molecule has 2 aromatic carbocycles. The number of aromatic hydroxyl groups is 1. The number of hydrogen-bond donors (Lipinski definition) is 1. The van der Waals surface area contributed by atoms with Crippen molar-refractivity contribution in [3.05, 3.63) is 93.5 Å². The molecule has 1 N–H and O–H groups in total. The molecule has 6 nitrogen and oxygen atoms in total. The molecule has 3 aromatic rings. The van der Waals surface area contributed by atoms with Gasteiger partial charge in [0.25, 0.3) is 5.91 Å². The van der Waals surface area contributed by atoms with E-state index in [-0.39, 0.29) is 18.2 Å². The molecule has 156 valence electrons. The van der Waals surface area contributed by atoms with Crippen LogP contribution in [0.25, 0.3) is 6.08 Å². The van der Waals surface area contributed by atoms with E-state index in [0.29, 0.717) is 32.0 Å². The van der Waals surface area contributed by atoms with Gasteiger partial charge in [0.2, 0.25) is 0 Å². The van der Waals surface area contributed by atoms with Gasteiger partial charge in [-0.2, -0.15) is 5.10 Å². The highest BCUT2D eigenvalue weighted by atomic mass is 35.5. The second-order valence-corrected chi connectivity index (χ2v) is 7.88. The van der Waals surface area contributed by atoms with Crippen LogP contribution in [-0.4, -0.2) is 27.3 Å². The van der Waals surface area contributed by atoms with Gasteiger partial charge in [0.15, 0.2) is 5.17 Å². The molecule has 1 aliphatic rings. The average Bonchev–Trinajstić information content (AvgIpc) is 3.36. The Morgan fingerprint density at radius 3 is 2.77 bits per heavy atom. The highest BCUT2D eigenvalue weighted by Gasteiger charge is 2.34. The molecule has 9 heteroatoms. The van der Waals surface area contributed by atoms with Crippen molar-refractivity contribution >= 4 is 46.7 Å². The first-order valence-electron chi connectivity index (χ1n) is 9.09. The van der Waals surface area contributed by atoms with Gasteiger partial charge in [-0.25, -0.2) is 4.39 Å². The molecular weight excluding hydrogens is 441 g/mol. The Morgan fingerprint density at radius 1 is 1.16 bits per heavy atom. The lowest BCUT2D eigenvalue weighted by Crippen LogP contribution is -2.28. The molecule has 0 unspecified atom stereocenters. The minimum atomic E-state index is -0.430. The summed E-state index contributed by atoms with van der Waals surface area (Å²) in [5.74, 6) is -0.216. The summed E-state index contributed by atoms with van der Waals surface area (Å²) in [6, 6.07) is 14.2. The molecule has 2 heterocycles. The number of amides is 1. The number of carbonyl (C=O) groups is 1. The van der Waals surface area contributed by atoms with Crippen molar-refractivity contribution in [1.29, 1.82) is 0 Å². The van der Waals surface area contributed by atoms with Gasteiger partial charge >= 0.3 is 0 Å². The highest BCUT2D eigenvalue weighted by molar-refractivity contribution is 8.18. The molecule has 1 fully saturated rings. The lowest BCUT2D eigenvalue weighted by Gasteiger charge is -2.12. The number of rotatable bonds is 5. The zero-order valence-electron chi connectivity index (χ0n) is 15.9. The maximum atomic E-state index is 14.0. The second kappa shape index (κ2) is 9.20. The average molecular weight is 456 g/mol. The largest absolute Gasteiger partial charge is 0.507 e. The predicted octanol–water partition coefficient (Wildman–Crippen LogP) is 5.28. The van der Waals surface area contributed by atoms with Crippen molar-refractivity contribution in [2.24, 2.45) is 10.2 Å². The number of phenols is 1. The Hall–Kier alpha value is -3.36. The van der Waals surface area contributed by atoms with Crippen molar-refractivity contribution in [3.63, 3.8) is 0 Å². The lowest BCUT2D eigenvalue weighted by molar-refractivity contribution is -0.122. The van der Waals surface area contributed by atoms with E-state index in [0.717, 1.165) is 11.8 Å². The topological polar surface area (TPSA) is 78.4 Å². The third-order valence-corrected chi connectivity index (χ3v) is 5.54. The van der Waals surface area contributed by atoms with Crippen molar-refractivity contribution < 1.29 is 18.7 Å². The van der Waals surface area contributed by atoms with Crippen LogP contribution in [0.2, 0.25) is 5.02 Å². The van der Waals surface area contributed by atoms with Gasteiger partial charge in [-0.3, -0.25) is 9.69 Å². The zero-order valence-corrected chi connectivity index (χ0v) is 17.5. The first kappa shape index (κ1) is 20.9. The van der Waals surface area contributed by atoms with E-state index >= 15 is 0 Å². The van der Waals surface area contributed by atoms with Crippen molar-refractivity contribution in [2.45, 2.75) is 6.54 Å². The molecule has 0 atom stereocenters. The van der Waals surface area contributed by atoms with E-state index < -0.39 is 5.82 Å². The third kappa shape index (κ3) is 4.87. The SMILES string of the molecule is O=C1/C(=C/c2ccccc2F)S/C(=N/N=C\c2cc(Cl)ccc2O)N1Cc1ccco1. The molecule has 0 radical (unpaired) electrons. The standard InChI is InChI=1S/C22H15ClFN3O3S/c23-16-7-8-19(28)15(10-16)12-25-26-22-27(13-17-5-3-9-30-17)21(29)20(31-22)11-14-4-1-2-6-18(14)24/h1-12,28H,13H2/b20-11-,25-12-,26-22+. The minimum Gasteiger partial charge on any atom is -0.507 e. The van der Waals surface area contributed by atoms with Crippen LogP contribution in [-0.2, 0) is 11.3 Å². The number of nitrogens with zero attached hydrogens (tertiary/aromatic N) is 3. The van der Waals surface area contributed by atoms with E-state index in [4.69, 9.17) is 16.0 Å². The summed E-state index contributed by atoms with van der Waals surface area (Å²) in [6.07, 6.45) is 4.32. The van der Waals surface area contributed by atoms with Crippen molar-refractivity contribution in [3.8, 4) is 5.75 Å². The molecule has 0 spiro atoms. The first-order chi connectivity index (χ1) is 15.0. The van der Waals surface area contributed by atoms with Crippen LogP contribution in [0, 0.1) is 5.82 Å². The fourth-order valence-corrected chi connectivity index (χ4v) is 3.89. The minimum absolute atomic E-state index is 0.00363. The zero-order chi connectivity index (χ0) is 21.8. The van der Waals surface area contributed by atoms with E-state index in [1.165, 1.54) is 41.7 Å². The molecule has 0 saturated carbocycles. The number of phenolic OH excluding ortho intramolecular Hbond substituents is 1. The maximum Gasteiger partial charge on any atom is 0.267 e. The van der Waals surface area contributed by atoms with Crippen LogP contribution >= 0.6 is 23.4 Å². The summed E-state index contributed by atoms with van der Waals surface area (Å²) >= 11 is 7.01. The Morgan fingerprint density at radius 2 is 2.00 bits per heavy atom. The van der Waals surface area contributed by atoms with Crippen molar-refractivity contribution in [1.82, 2.24) is 4.90 Å². The fraction of sp³-hybridized carbons (Fsp3) is 0.0455. The summed E-state index contributed by atoms with van der Waals surface area (Å²) in [6.45, 7) is 0.143. The van der Waals surface area contributed by atoms with Gasteiger partial charge in [0.05, 0.1) is 23.9 Å². The monoisotopic (exact) mass is 455 g/mol. The molecule has 1 saturated heterocycles. The van der Waals surface area contributed by atoms with Crippen LogP contribution < -0.4 is 0 Å². The Kier molecular flexibility index (Phi) is 6.20. The van der Waals surface area contributed by atoms with Gasteiger partial charge in [0.1, 0.15) is 17.3 Å². The summed E-state index contributed by atoms with van der Waals surface area (Å²) < 4.78 is 19.4. The van der Waals surface area contributed by atoms with E-state index in [1.54, 1.807) is 36.4 Å². The quantitative estimate of drug-likeness (QED) is 0.322. The molecular formula is C22H15ClFN3O3S. The molecule has 31 heavy (non-hydrogen) atoms. The molecule has 1 aliphatic heterocycles. The number of thioether (sulfide) groups is 1. The van der Waals surface area contributed by atoms with Crippen LogP contribution in [0.15, 0.2) is 80.4 Å². The van der Waals surface area contributed by atoms with Gasteiger partial charge in [-0.15, -0.1) is 5.10 Å². The Labute approximate surface area is 186 Å². The summed E-state index contributed by atoms with van der Waals surface area (Å²) in [5.41, 5.74) is 0.677. The van der Waals surface area contributed by atoms with E-state index in [9.17, 15) is 14.3 Å². The number of benzene rings is 2. The number of carbonyl (C=O) groups excluding carboxylic acids is 1. The Bertz CT molecular complexity index is 1210. The first-order valence-corrected chi connectivity index (χ1v) is 10.3. The number of furan rings is 1. The highest BCUT2D eigenvalue weighted by Crippen LogP contribution is 2.34. The van der Waals surface area contributed by atoms with Crippen molar-refractivity contribution in [2.75, 3.05) is 0 Å². The third-order valence-electron chi connectivity index (χ3n) is 4.30. The smallest absolute Gasteiger partial charge is 0.267 e. The van der Waals surface area contributed by atoms with Crippen LogP contribution in [0.1, 0.15) is 16.9 Å². The molecule has 0 aliphatic carbocycles. The number of halogens is 2. The molecule has 1 amide bonds. The van der Waals surface area contributed by atoms with Crippen LogP contribution in [0.3, 0.4) is 0 Å². The van der Waals surface area contributed by atoms with Gasteiger partial charge in [0, 0.05) is 16.1 Å². The predicted molar refractivity (Wildman–Crippen MR) is 119 cm³/mol. The summed E-state index contributed by atoms with van der Waals surface area (Å²) in [4.78, 5) is 14.7. The summed E-state index contributed by atoms with van der Waals surface area (Å²) in [7, 11) is 0.